The molecule has 0 unspecified atom stereocenters. The molecule has 1 amide bonds. The van der Waals surface area contributed by atoms with Crippen LogP contribution in [0.15, 0.2) is 24.4 Å². The summed E-state index contributed by atoms with van der Waals surface area (Å²) in [6.07, 6.45) is 1.53. The van der Waals surface area contributed by atoms with Crippen LogP contribution in [-0.2, 0) is 4.74 Å². The third-order valence-electron chi connectivity index (χ3n) is 2.79. The maximum atomic E-state index is 12.1. The second kappa shape index (κ2) is 6.49. The van der Waals surface area contributed by atoms with E-state index in [0.717, 1.165) is 11.3 Å². The molecule has 0 aliphatic heterocycles. The van der Waals surface area contributed by atoms with E-state index in [4.69, 9.17) is 4.74 Å². The largest absolute Gasteiger partial charge is 0.462 e. The van der Waals surface area contributed by atoms with Crippen molar-refractivity contribution in [1.82, 2.24) is 4.98 Å². The summed E-state index contributed by atoms with van der Waals surface area (Å²) in [7, 11) is 0. The maximum Gasteiger partial charge on any atom is 0.348 e. The predicted molar refractivity (Wildman–Crippen MR) is 81.9 cm³/mol. The van der Waals surface area contributed by atoms with Crippen molar-refractivity contribution in [1.29, 1.82) is 0 Å². The van der Waals surface area contributed by atoms with E-state index in [-0.39, 0.29) is 11.9 Å². The highest BCUT2D eigenvalue weighted by Gasteiger charge is 2.16. The molecule has 5 nitrogen and oxygen atoms in total. The van der Waals surface area contributed by atoms with Crippen LogP contribution in [0.4, 0.5) is 5.00 Å². The van der Waals surface area contributed by atoms with Crippen molar-refractivity contribution in [2.24, 2.45) is 0 Å². The Morgan fingerprint density at radius 2 is 2.10 bits per heavy atom. The predicted octanol–water partition coefficient (Wildman–Crippen LogP) is 3.19. The van der Waals surface area contributed by atoms with E-state index in [9.17, 15) is 9.59 Å². The van der Waals surface area contributed by atoms with E-state index < -0.39 is 0 Å². The lowest BCUT2D eigenvalue weighted by Crippen LogP contribution is -2.11. The number of carbonyl (C=O) groups excluding carboxylic acids is 2. The topological polar surface area (TPSA) is 68.3 Å². The number of pyridine rings is 1. The van der Waals surface area contributed by atoms with Crippen LogP contribution in [0.2, 0.25) is 0 Å². The Bertz CT molecular complexity index is 662. The monoisotopic (exact) mass is 304 g/mol. The van der Waals surface area contributed by atoms with Gasteiger partial charge in [-0.05, 0) is 44.5 Å². The van der Waals surface area contributed by atoms with Crippen molar-refractivity contribution >= 4 is 28.2 Å². The zero-order valence-electron chi connectivity index (χ0n) is 12.1. The normalized spacial score (nSPS) is 10.2. The zero-order chi connectivity index (χ0) is 15.4. The molecule has 1 N–H and O–H groups in total. The van der Waals surface area contributed by atoms with Gasteiger partial charge in [0, 0.05) is 11.9 Å². The molecule has 6 heteroatoms. The molecule has 2 heterocycles. The highest BCUT2D eigenvalue weighted by Crippen LogP contribution is 2.27. The fourth-order valence-corrected chi connectivity index (χ4v) is 2.69. The maximum absolute atomic E-state index is 12.1. The highest BCUT2D eigenvalue weighted by molar-refractivity contribution is 7.18. The first-order chi connectivity index (χ1) is 10.0. The number of ether oxygens (including phenoxy) is 1. The Morgan fingerprint density at radius 1 is 1.33 bits per heavy atom. The molecule has 2 aromatic rings. The molecule has 0 saturated heterocycles. The fourth-order valence-electron chi connectivity index (χ4n) is 1.73. The third-order valence-corrected chi connectivity index (χ3v) is 3.92. The quantitative estimate of drug-likeness (QED) is 0.881. The standard InChI is InChI=1S/C15H16N2O3S/c1-4-20-15(19)13-9(2)7-12(21-13)17-14(18)11-6-5-10(3)16-8-11/h5-8H,4H2,1-3H3,(H,17,18). The Kier molecular flexibility index (Phi) is 4.70. The molecule has 2 aromatic heterocycles. The fraction of sp³-hybridized carbons (Fsp3) is 0.267. The first kappa shape index (κ1) is 15.2. The summed E-state index contributed by atoms with van der Waals surface area (Å²) >= 11 is 1.21. The van der Waals surface area contributed by atoms with Crippen molar-refractivity contribution < 1.29 is 14.3 Å². The molecule has 0 radical (unpaired) electrons. The van der Waals surface area contributed by atoms with E-state index in [1.165, 1.54) is 17.5 Å². The SMILES string of the molecule is CCOC(=O)c1sc(NC(=O)c2ccc(C)nc2)cc1C. The lowest BCUT2D eigenvalue weighted by Gasteiger charge is -2.02. The Labute approximate surface area is 127 Å². The van der Waals surface area contributed by atoms with Crippen LogP contribution in [-0.4, -0.2) is 23.5 Å². The molecule has 2 rings (SSSR count). The number of aryl methyl sites for hydroxylation is 2. The Balaban J connectivity index is 2.13. The zero-order valence-corrected chi connectivity index (χ0v) is 12.9. The average Bonchev–Trinajstić information content (AvgIpc) is 2.80. The van der Waals surface area contributed by atoms with Crippen LogP contribution in [0.25, 0.3) is 0 Å². The van der Waals surface area contributed by atoms with Gasteiger partial charge in [0.25, 0.3) is 5.91 Å². The van der Waals surface area contributed by atoms with Gasteiger partial charge in [-0.3, -0.25) is 9.78 Å². The van der Waals surface area contributed by atoms with Crippen LogP contribution in [0.3, 0.4) is 0 Å². The van der Waals surface area contributed by atoms with Gasteiger partial charge in [0.1, 0.15) is 4.88 Å². The molecule has 21 heavy (non-hydrogen) atoms. The van der Waals surface area contributed by atoms with E-state index >= 15 is 0 Å². The minimum absolute atomic E-state index is 0.251. The molecular weight excluding hydrogens is 288 g/mol. The molecule has 0 fully saturated rings. The number of rotatable bonds is 4. The Morgan fingerprint density at radius 3 is 2.71 bits per heavy atom. The number of nitrogens with zero attached hydrogens (tertiary/aromatic N) is 1. The number of anilines is 1. The van der Waals surface area contributed by atoms with E-state index in [0.29, 0.717) is 22.0 Å². The Hall–Kier alpha value is -2.21. The van der Waals surface area contributed by atoms with Crippen LogP contribution in [0, 0.1) is 13.8 Å². The molecule has 0 aliphatic rings. The van der Waals surface area contributed by atoms with Crippen LogP contribution < -0.4 is 5.32 Å². The van der Waals surface area contributed by atoms with Gasteiger partial charge in [-0.25, -0.2) is 4.79 Å². The minimum atomic E-state index is -0.363. The highest BCUT2D eigenvalue weighted by atomic mass is 32.1. The lowest BCUT2D eigenvalue weighted by molar-refractivity contribution is 0.0531. The summed E-state index contributed by atoms with van der Waals surface area (Å²) in [4.78, 5) is 28.4. The van der Waals surface area contributed by atoms with Crippen molar-refractivity contribution in [3.05, 3.63) is 46.1 Å². The third kappa shape index (κ3) is 3.66. The molecule has 110 valence electrons. The number of hydrogen-bond donors (Lipinski definition) is 1. The summed E-state index contributed by atoms with van der Waals surface area (Å²) in [6.45, 7) is 5.75. The van der Waals surface area contributed by atoms with Crippen LogP contribution in [0.1, 0.15) is 38.2 Å². The molecule has 0 aromatic carbocycles. The summed E-state index contributed by atoms with van der Waals surface area (Å²) in [5.74, 6) is -0.614. The molecule has 0 atom stereocenters. The molecule has 0 spiro atoms. The summed E-state index contributed by atoms with van der Waals surface area (Å²) < 4.78 is 4.97. The summed E-state index contributed by atoms with van der Waals surface area (Å²) in [5.41, 5.74) is 2.11. The van der Waals surface area contributed by atoms with Gasteiger partial charge in [-0.15, -0.1) is 11.3 Å². The van der Waals surface area contributed by atoms with Crippen molar-refractivity contribution in [2.45, 2.75) is 20.8 Å². The number of nitrogens with one attached hydrogen (secondary N) is 1. The molecular formula is C15H16N2O3S. The first-order valence-electron chi connectivity index (χ1n) is 6.52. The number of thiophene rings is 1. The molecule has 0 aliphatic carbocycles. The van der Waals surface area contributed by atoms with Gasteiger partial charge < -0.3 is 10.1 Å². The molecule has 0 saturated carbocycles. The van der Waals surface area contributed by atoms with E-state index in [2.05, 4.69) is 10.3 Å². The van der Waals surface area contributed by atoms with Crippen LogP contribution in [0.5, 0.6) is 0 Å². The van der Waals surface area contributed by atoms with Gasteiger partial charge >= 0.3 is 5.97 Å². The second-order valence-corrected chi connectivity index (χ2v) is 5.54. The second-order valence-electron chi connectivity index (χ2n) is 4.49. The van der Waals surface area contributed by atoms with Crippen LogP contribution >= 0.6 is 11.3 Å². The van der Waals surface area contributed by atoms with Crippen molar-refractivity contribution in [3.63, 3.8) is 0 Å². The van der Waals surface area contributed by atoms with Gasteiger partial charge in [-0.2, -0.15) is 0 Å². The first-order valence-corrected chi connectivity index (χ1v) is 7.34. The van der Waals surface area contributed by atoms with E-state index in [1.54, 1.807) is 25.1 Å². The van der Waals surface area contributed by atoms with Crippen molar-refractivity contribution in [3.8, 4) is 0 Å². The summed E-state index contributed by atoms with van der Waals surface area (Å²) in [6, 6.07) is 5.25. The lowest BCUT2D eigenvalue weighted by atomic mass is 10.2. The smallest absolute Gasteiger partial charge is 0.348 e. The average molecular weight is 304 g/mol. The number of aromatic nitrogens is 1. The van der Waals surface area contributed by atoms with Gasteiger partial charge in [0.2, 0.25) is 0 Å². The summed E-state index contributed by atoms with van der Waals surface area (Å²) in [5, 5.41) is 3.38. The van der Waals surface area contributed by atoms with E-state index in [1.807, 2.05) is 13.8 Å². The van der Waals surface area contributed by atoms with Gasteiger partial charge in [-0.1, -0.05) is 0 Å². The van der Waals surface area contributed by atoms with Gasteiger partial charge in [0.15, 0.2) is 0 Å². The van der Waals surface area contributed by atoms with Gasteiger partial charge in [0.05, 0.1) is 17.2 Å². The van der Waals surface area contributed by atoms with Crippen molar-refractivity contribution in [2.75, 3.05) is 11.9 Å². The number of amides is 1. The minimum Gasteiger partial charge on any atom is -0.462 e. The number of carbonyl (C=O) groups is 2. The molecule has 0 bridgehead atoms. The number of hydrogen-bond acceptors (Lipinski definition) is 5. The number of esters is 1.